The lowest BCUT2D eigenvalue weighted by atomic mass is 9.93. The van der Waals surface area contributed by atoms with Crippen molar-refractivity contribution in [3.05, 3.63) is 60.3 Å². The highest BCUT2D eigenvalue weighted by molar-refractivity contribution is 5.59. The van der Waals surface area contributed by atoms with Crippen LogP contribution in [0.3, 0.4) is 0 Å². The van der Waals surface area contributed by atoms with Crippen molar-refractivity contribution >= 4 is 11.5 Å². The van der Waals surface area contributed by atoms with Crippen molar-refractivity contribution < 1.29 is 17.9 Å². The summed E-state index contributed by atoms with van der Waals surface area (Å²) in [4.78, 5) is 18.2. The van der Waals surface area contributed by atoms with Crippen molar-refractivity contribution in [1.82, 2.24) is 34.4 Å². The summed E-state index contributed by atoms with van der Waals surface area (Å²) in [5.41, 5.74) is 1.67. The lowest BCUT2D eigenvalue weighted by Crippen LogP contribution is -2.49. The number of aromatic nitrogens is 6. The van der Waals surface area contributed by atoms with E-state index in [1.807, 2.05) is 18.5 Å². The predicted octanol–water partition coefficient (Wildman–Crippen LogP) is 4.21. The van der Waals surface area contributed by atoms with Gasteiger partial charge in [0.1, 0.15) is 17.2 Å². The molecule has 0 bridgehead atoms. The molecule has 7 rings (SSSR count). The number of alkyl halides is 3. The van der Waals surface area contributed by atoms with Crippen LogP contribution in [0.25, 0.3) is 17.2 Å². The number of imidazole rings is 1. The Morgan fingerprint density at radius 3 is 2.74 bits per heavy atom. The summed E-state index contributed by atoms with van der Waals surface area (Å²) in [6.07, 6.45) is 7.21. The first-order valence-corrected chi connectivity index (χ1v) is 13.3. The molecule has 9 nitrogen and oxygen atoms in total. The van der Waals surface area contributed by atoms with Crippen molar-refractivity contribution in [1.29, 1.82) is 0 Å². The monoisotopic (exact) mass is 538 g/mol. The maximum Gasteiger partial charge on any atom is 0.417 e. The third kappa shape index (κ3) is 4.55. The number of piperazine rings is 1. The van der Waals surface area contributed by atoms with E-state index in [-0.39, 0.29) is 6.04 Å². The summed E-state index contributed by atoms with van der Waals surface area (Å²) >= 11 is 0. The third-order valence-corrected chi connectivity index (χ3v) is 8.72. The Bertz CT molecular complexity index is 1460. The van der Waals surface area contributed by atoms with Gasteiger partial charge in [-0.15, -0.1) is 0 Å². The molecule has 3 aliphatic rings. The van der Waals surface area contributed by atoms with E-state index in [9.17, 15) is 13.2 Å². The fourth-order valence-corrected chi connectivity index (χ4v) is 6.33. The molecular weight excluding hydrogens is 509 g/mol. The highest BCUT2D eigenvalue weighted by Gasteiger charge is 2.54. The average molecular weight is 539 g/mol. The van der Waals surface area contributed by atoms with Crippen LogP contribution in [-0.4, -0.2) is 73.8 Å². The number of hydrogen-bond acceptors (Lipinski definition) is 7. The van der Waals surface area contributed by atoms with Crippen LogP contribution in [0.2, 0.25) is 0 Å². The molecule has 1 aliphatic carbocycles. The molecule has 0 unspecified atom stereocenters. The second-order valence-electron chi connectivity index (χ2n) is 10.9. The van der Waals surface area contributed by atoms with Crippen LogP contribution in [0.1, 0.15) is 36.4 Å². The van der Waals surface area contributed by atoms with Gasteiger partial charge in [0.25, 0.3) is 0 Å². The Morgan fingerprint density at radius 2 is 1.95 bits per heavy atom. The number of hydrogen-bond donors (Lipinski definition) is 1. The fourth-order valence-electron chi connectivity index (χ4n) is 6.33. The number of anilines is 1. The summed E-state index contributed by atoms with van der Waals surface area (Å²) in [6, 6.07) is 4.39. The maximum atomic E-state index is 13.3. The Hall–Kier alpha value is -3.51. The predicted molar refractivity (Wildman–Crippen MR) is 137 cm³/mol. The van der Waals surface area contributed by atoms with Crippen LogP contribution in [0.5, 0.6) is 0 Å². The SMILES string of the molecule is FC(F)(F)c1ccc2ncc(-c3nccc(N4CCN(C[C@H]5CC56CCOCC6)[C@@H](c5cn[nH]c5)C4)n3)n2c1. The zero-order chi connectivity index (χ0) is 26.6. The van der Waals surface area contributed by atoms with Gasteiger partial charge < -0.3 is 9.64 Å². The molecular formula is C27H29F3N8O. The van der Waals surface area contributed by atoms with Crippen LogP contribution < -0.4 is 4.90 Å². The highest BCUT2D eigenvalue weighted by atomic mass is 19.4. The molecule has 2 atom stereocenters. The molecule has 12 heteroatoms. The van der Waals surface area contributed by atoms with Gasteiger partial charge in [0.15, 0.2) is 5.82 Å². The molecule has 6 heterocycles. The molecule has 0 amide bonds. The van der Waals surface area contributed by atoms with E-state index in [0.717, 1.165) is 75.9 Å². The molecule has 4 aromatic rings. The highest BCUT2D eigenvalue weighted by Crippen LogP contribution is 2.59. The number of nitrogens with one attached hydrogen (secondary N) is 1. The van der Waals surface area contributed by atoms with Gasteiger partial charge in [-0.05, 0) is 48.8 Å². The second-order valence-corrected chi connectivity index (χ2v) is 10.9. The van der Waals surface area contributed by atoms with Crippen LogP contribution >= 0.6 is 0 Å². The minimum absolute atomic E-state index is 0.151. The molecule has 204 valence electrons. The van der Waals surface area contributed by atoms with Crippen LogP contribution in [-0.2, 0) is 10.9 Å². The van der Waals surface area contributed by atoms with E-state index < -0.39 is 11.7 Å². The summed E-state index contributed by atoms with van der Waals surface area (Å²) in [5.74, 6) is 1.77. The van der Waals surface area contributed by atoms with Crippen molar-refractivity contribution in [3.8, 4) is 11.5 Å². The van der Waals surface area contributed by atoms with Crippen LogP contribution in [0.4, 0.5) is 19.0 Å². The van der Waals surface area contributed by atoms with Gasteiger partial charge in [-0.2, -0.15) is 18.3 Å². The summed E-state index contributed by atoms with van der Waals surface area (Å²) in [6.45, 7) is 5.19. The van der Waals surface area contributed by atoms with E-state index in [1.54, 1.807) is 6.20 Å². The van der Waals surface area contributed by atoms with Gasteiger partial charge in [0.05, 0.1) is 24.0 Å². The Kier molecular flexibility index (Phi) is 5.85. The maximum absolute atomic E-state index is 13.3. The zero-order valence-electron chi connectivity index (χ0n) is 21.3. The normalized spacial score (nSPS) is 23.5. The number of halogens is 3. The molecule has 2 saturated heterocycles. The minimum Gasteiger partial charge on any atom is -0.381 e. The Balaban J connectivity index is 1.14. The average Bonchev–Trinajstić information content (AvgIpc) is 3.33. The van der Waals surface area contributed by atoms with Crippen molar-refractivity contribution in [3.63, 3.8) is 0 Å². The first kappa shape index (κ1) is 24.5. The Labute approximate surface area is 223 Å². The largest absolute Gasteiger partial charge is 0.417 e. The van der Waals surface area contributed by atoms with Crippen molar-refractivity contribution in [2.45, 2.75) is 31.5 Å². The van der Waals surface area contributed by atoms with Crippen molar-refractivity contribution in [2.24, 2.45) is 11.3 Å². The number of aromatic amines is 1. The molecule has 0 radical (unpaired) electrons. The molecule has 1 N–H and O–H groups in total. The van der Waals surface area contributed by atoms with Gasteiger partial charge >= 0.3 is 6.18 Å². The number of pyridine rings is 1. The van der Waals surface area contributed by atoms with Gasteiger partial charge in [0.2, 0.25) is 0 Å². The third-order valence-electron chi connectivity index (χ3n) is 8.72. The fraction of sp³-hybridized carbons (Fsp3) is 0.481. The number of nitrogens with zero attached hydrogens (tertiary/aromatic N) is 7. The van der Waals surface area contributed by atoms with Gasteiger partial charge in [0, 0.05) is 63.5 Å². The number of H-pyrrole nitrogens is 1. The summed E-state index contributed by atoms with van der Waals surface area (Å²) in [5, 5.41) is 7.17. The van der Waals surface area contributed by atoms with E-state index in [2.05, 4.69) is 30.0 Å². The second kappa shape index (κ2) is 9.30. The first-order valence-electron chi connectivity index (χ1n) is 13.3. The quantitative estimate of drug-likeness (QED) is 0.407. The van der Waals surface area contributed by atoms with Gasteiger partial charge in [-0.3, -0.25) is 14.4 Å². The van der Waals surface area contributed by atoms with E-state index >= 15 is 0 Å². The van der Waals surface area contributed by atoms with Crippen molar-refractivity contribution in [2.75, 3.05) is 44.3 Å². The number of ether oxygens (including phenoxy) is 1. The van der Waals surface area contributed by atoms with E-state index in [0.29, 0.717) is 28.5 Å². The molecule has 39 heavy (non-hydrogen) atoms. The van der Waals surface area contributed by atoms with Crippen LogP contribution in [0.15, 0.2) is 49.2 Å². The summed E-state index contributed by atoms with van der Waals surface area (Å²) in [7, 11) is 0. The summed E-state index contributed by atoms with van der Waals surface area (Å²) < 4.78 is 47.0. The van der Waals surface area contributed by atoms with E-state index in [4.69, 9.17) is 9.72 Å². The molecule has 2 aliphatic heterocycles. The smallest absolute Gasteiger partial charge is 0.381 e. The number of rotatable bonds is 5. The molecule has 0 aromatic carbocycles. The lowest BCUT2D eigenvalue weighted by Gasteiger charge is -2.42. The lowest BCUT2D eigenvalue weighted by molar-refractivity contribution is -0.137. The number of fused-ring (bicyclic) bond motifs is 1. The minimum atomic E-state index is -4.45. The first-order chi connectivity index (χ1) is 18.9. The molecule has 1 saturated carbocycles. The van der Waals surface area contributed by atoms with Gasteiger partial charge in [-0.25, -0.2) is 15.0 Å². The van der Waals surface area contributed by atoms with Crippen LogP contribution in [0, 0.1) is 11.3 Å². The topological polar surface area (TPSA) is 87.5 Å². The standard InChI is InChI=1S/C27H29F3N8O/c28-27(29,30)19-1-2-23-32-14-21(38(23)16-19)25-31-6-3-24(35-25)37-8-7-36(22(17-37)18-12-33-34-13-18)15-20-11-26(20)4-9-39-10-5-26/h1-3,6,12-14,16,20,22H,4-5,7-11,15,17H2,(H,33,34)/t20-,22-/m1/s1. The molecule has 1 spiro atoms. The van der Waals surface area contributed by atoms with Gasteiger partial charge in [-0.1, -0.05) is 0 Å². The van der Waals surface area contributed by atoms with E-state index in [1.165, 1.54) is 23.1 Å². The Morgan fingerprint density at radius 1 is 1.08 bits per heavy atom. The molecule has 3 fully saturated rings. The molecule has 4 aromatic heterocycles. The zero-order valence-corrected chi connectivity index (χ0v) is 21.3.